The molecule has 4 saturated carbocycles. The number of rotatable bonds is 6. The molecule has 3 heteroatoms. The van der Waals surface area contributed by atoms with E-state index in [2.05, 4.69) is 69.0 Å². The van der Waals surface area contributed by atoms with Gasteiger partial charge in [0.2, 0.25) is 0 Å². The van der Waals surface area contributed by atoms with Crippen LogP contribution in [0.1, 0.15) is 102 Å². The molecule has 36 heavy (non-hydrogen) atoms. The molecule has 0 spiro atoms. The third-order valence-electron chi connectivity index (χ3n) is 10.1. The minimum absolute atomic E-state index is 0.154. The lowest BCUT2D eigenvalue weighted by molar-refractivity contribution is -0.00518. The Hall–Kier alpha value is -2.29. The predicted octanol–water partition coefficient (Wildman–Crippen LogP) is 8.42. The molecule has 0 aromatic heterocycles. The highest BCUT2D eigenvalue weighted by Gasteiger charge is 2.51. The number of benzene rings is 2. The van der Waals surface area contributed by atoms with Gasteiger partial charge in [0.25, 0.3) is 0 Å². The summed E-state index contributed by atoms with van der Waals surface area (Å²) < 4.78 is 5.87. The minimum atomic E-state index is 0.154. The second-order valence-electron chi connectivity index (χ2n) is 13.2. The largest absolute Gasteiger partial charge is 0.496 e. The van der Waals surface area contributed by atoms with Gasteiger partial charge in [0, 0.05) is 35.6 Å². The molecule has 192 valence electrons. The summed E-state index contributed by atoms with van der Waals surface area (Å²) in [6, 6.07) is 13.8. The van der Waals surface area contributed by atoms with E-state index in [1.54, 1.807) is 12.7 Å². The molecule has 0 radical (unpaired) electrons. The third kappa shape index (κ3) is 4.07. The molecule has 4 aliphatic carbocycles. The first kappa shape index (κ1) is 24.1. The molecule has 1 unspecified atom stereocenters. The average Bonchev–Trinajstić information content (AvgIpc) is 2.84. The van der Waals surface area contributed by atoms with Crippen LogP contribution in [0.25, 0.3) is 0 Å². The van der Waals surface area contributed by atoms with Crippen molar-refractivity contribution in [2.75, 3.05) is 18.6 Å². The molecule has 0 amide bonds. The molecule has 0 saturated heterocycles. The first-order valence-corrected chi connectivity index (χ1v) is 14.4. The molecule has 4 fully saturated rings. The number of nitrogens with zero attached hydrogens (tertiary/aromatic N) is 2. The van der Waals surface area contributed by atoms with Gasteiger partial charge >= 0.3 is 0 Å². The minimum Gasteiger partial charge on any atom is -0.496 e. The van der Waals surface area contributed by atoms with Crippen molar-refractivity contribution in [3.8, 4) is 5.75 Å². The molecule has 1 aliphatic heterocycles. The number of ether oxygens (including phenoxy) is 1. The van der Waals surface area contributed by atoms with E-state index in [1.165, 1.54) is 49.8 Å². The lowest BCUT2D eigenvalue weighted by atomic mass is 9.48. The lowest BCUT2D eigenvalue weighted by Gasteiger charge is -2.57. The van der Waals surface area contributed by atoms with Gasteiger partial charge in [-0.05, 0) is 124 Å². The van der Waals surface area contributed by atoms with Gasteiger partial charge in [0.15, 0.2) is 0 Å². The van der Waals surface area contributed by atoms with Gasteiger partial charge in [-0.3, -0.25) is 4.99 Å². The number of anilines is 1. The van der Waals surface area contributed by atoms with Crippen molar-refractivity contribution in [3.05, 3.63) is 53.1 Å². The summed E-state index contributed by atoms with van der Waals surface area (Å²) >= 11 is 0. The molecule has 2 aromatic rings. The molecule has 0 N–H and O–H groups in total. The standard InChI is InChI=1S/C33H44N2O/c1-6-11-35-30-16-31(36-5)26(15-29(30)22(2)17-32(35,3)4)21-34-28-9-7-27(8-10-28)33-18-23-12-24(19-33)14-25(13-23)20-33/h7-10,15-16,21-25H,6,11-14,17-20H2,1-5H3. The van der Waals surface area contributed by atoms with Crippen molar-refractivity contribution in [2.45, 2.75) is 95.9 Å². The Morgan fingerprint density at radius 3 is 2.19 bits per heavy atom. The van der Waals surface area contributed by atoms with Gasteiger partial charge in [-0.1, -0.05) is 26.0 Å². The summed E-state index contributed by atoms with van der Waals surface area (Å²) in [4.78, 5) is 7.49. The van der Waals surface area contributed by atoms with Crippen LogP contribution in [0.2, 0.25) is 0 Å². The summed E-state index contributed by atoms with van der Waals surface area (Å²) in [6.45, 7) is 10.4. The molecule has 1 atom stereocenters. The quantitative estimate of drug-likeness (QED) is 0.384. The molecule has 2 aromatic carbocycles. The highest BCUT2D eigenvalue weighted by Crippen LogP contribution is 2.60. The highest BCUT2D eigenvalue weighted by atomic mass is 16.5. The predicted molar refractivity (Wildman–Crippen MR) is 151 cm³/mol. The Morgan fingerprint density at radius 2 is 1.61 bits per heavy atom. The first-order chi connectivity index (χ1) is 17.3. The number of hydrogen-bond acceptors (Lipinski definition) is 3. The van der Waals surface area contributed by atoms with Crippen LogP contribution in [0.5, 0.6) is 5.75 Å². The van der Waals surface area contributed by atoms with E-state index in [-0.39, 0.29) is 5.54 Å². The fourth-order valence-electron chi connectivity index (χ4n) is 8.96. The van der Waals surface area contributed by atoms with Gasteiger partial charge in [0.05, 0.1) is 12.8 Å². The van der Waals surface area contributed by atoms with Gasteiger partial charge in [-0.2, -0.15) is 0 Å². The van der Waals surface area contributed by atoms with Crippen LogP contribution in [-0.4, -0.2) is 25.4 Å². The van der Waals surface area contributed by atoms with E-state index < -0.39 is 0 Å². The Morgan fingerprint density at radius 1 is 0.972 bits per heavy atom. The Bertz CT molecular complexity index is 1110. The Labute approximate surface area is 218 Å². The van der Waals surface area contributed by atoms with Crippen LogP contribution in [-0.2, 0) is 5.41 Å². The summed E-state index contributed by atoms with van der Waals surface area (Å²) in [6.07, 6.45) is 13.0. The molecular formula is C33H44N2O. The van der Waals surface area contributed by atoms with Crippen molar-refractivity contribution < 1.29 is 4.74 Å². The molecule has 7 rings (SSSR count). The van der Waals surface area contributed by atoms with Gasteiger partial charge in [0.1, 0.15) is 5.75 Å². The second kappa shape index (κ2) is 8.92. The van der Waals surface area contributed by atoms with Crippen LogP contribution >= 0.6 is 0 Å². The summed E-state index contributed by atoms with van der Waals surface area (Å²) in [5.74, 6) is 4.36. The second-order valence-corrected chi connectivity index (χ2v) is 13.2. The van der Waals surface area contributed by atoms with Gasteiger partial charge in [-0.15, -0.1) is 0 Å². The zero-order chi connectivity index (χ0) is 25.1. The topological polar surface area (TPSA) is 24.8 Å². The van der Waals surface area contributed by atoms with E-state index in [0.717, 1.165) is 54.1 Å². The normalized spacial score (nSPS) is 32.2. The Kier molecular flexibility index (Phi) is 5.97. The molecule has 3 nitrogen and oxygen atoms in total. The zero-order valence-electron chi connectivity index (χ0n) is 23.0. The fraction of sp³-hybridized carbons (Fsp3) is 0.606. The van der Waals surface area contributed by atoms with Crippen molar-refractivity contribution in [2.24, 2.45) is 22.7 Å². The van der Waals surface area contributed by atoms with E-state index >= 15 is 0 Å². The maximum Gasteiger partial charge on any atom is 0.129 e. The Balaban J connectivity index is 1.26. The van der Waals surface area contributed by atoms with Crippen molar-refractivity contribution in [3.63, 3.8) is 0 Å². The summed E-state index contributed by atoms with van der Waals surface area (Å²) in [5.41, 5.74) is 7.03. The van der Waals surface area contributed by atoms with Crippen LogP contribution in [0.15, 0.2) is 41.4 Å². The molecular weight excluding hydrogens is 440 g/mol. The van der Waals surface area contributed by atoms with Crippen LogP contribution in [0.3, 0.4) is 0 Å². The maximum atomic E-state index is 5.87. The summed E-state index contributed by atoms with van der Waals surface area (Å²) in [7, 11) is 1.78. The zero-order valence-corrected chi connectivity index (χ0v) is 23.0. The van der Waals surface area contributed by atoms with Crippen LogP contribution in [0.4, 0.5) is 11.4 Å². The molecule has 5 aliphatic rings. The van der Waals surface area contributed by atoms with Crippen LogP contribution in [0, 0.1) is 17.8 Å². The average molecular weight is 485 g/mol. The van der Waals surface area contributed by atoms with Crippen molar-refractivity contribution >= 4 is 17.6 Å². The van der Waals surface area contributed by atoms with E-state index in [1.807, 2.05) is 6.21 Å². The molecule has 1 heterocycles. The monoisotopic (exact) mass is 484 g/mol. The van der Waals surface area contributed by atoms with Crippen molar-refractivity contribution in [1.29, 1.82) is 0 Å². The summed E-state index contributed by atoms with van der Waals surface area (Å²) in [5, 5.41) is 0. The first-order valence-electron chi connectivity index (χ1n) is 14.4. The highest BCUT2D eigenvalue weighted by molar-refractivity contribution is 5.88. The SMILES string of the molecule is CCCN1c2cc(OC)c(C=Nc3ccc(C45CC6CC(CC(C6)C4)C5)cc3)cc2C(C)CC1(C)C. The van der Waals surface area contributed by atoms with Gasteiger partial charge < -0.3 is 9.64 Å². The van der Waals surface area contributed by atoms with E-state index in [9.17, 15) is 0 Å². The van der Waals surface area contributed by atoms with E-state index in [4.69, 9.17) is 9.73 Å². The number of fused-ring (bicyclic) bond motifs is 1. The van der Waals surface area contributed by atoms with E-state index in [0.29, 0.717) is 11.3 Å². The number of methoxy groups -OCH3 is 1. The van der Waals surface area contributed by atoms with Crippen molar-refractivity contribution in [1.82, 2.24) is 0 Å². The van der Waals surface area contributed by atoms with Gasteiger partial charge in [-0.25, -0.2) is 0 Å². The lowest BCUT2D eigenvalue weighted by Crippen LogP contribution is -2.48. The number of aliphatic imine (C=N–C) groups is 1. The van der Waals surface area contributed by atoms with Crippen LogP contribution < -0.4 is 9.64 Å². The maximum absolute atomic E-state index is 5.87. The smallest absolute Gasteiger partial charge is 0.129 e. The number of hydrogen-bond donors (Lipinski definition) is 0. The fourth-order valence-corrected chi connectivity index (χ4v) is 8.96. The third-order valence-corrected chi connectivity index (χ3v) is 10.1. The molecule has 4 bridgehead atoms.